The summed E-state index contributed by atoms with van der Waals surface area (Å²) in [6.07, 6.45) is 4.59. The van der Waals surface area contributed by atoms with Crippen molar-refractivity contribution in [2.24, 2.45) is 9.98 Å². The van der Waals surface area contributed by atoms with E-state index in [0.717, 1.165) is 16.1 Å². The van der Waals surface area contributed by atoms with E-state index in [2.05, 4.69) is 9.98 Å². The maximum absolute atomic E-state index is 10.7. The molecule has 0 atom stereocenters. The van der Waals surface area contributed by atoms with Crippen molar-refractivity contribution in [1.29, 1.82) is 0 Å². The van der Waals surface area contributed by atoms with Crippen molar-refractivity contribution in [2.45, 2.75) is 0 Å². The van der Waals surface area contributed by atoms with E-state index in [0.29, 0.717) is 6.54 Å². The molecule has 2 rings (SSSR count). The number of nitrogens with zero attached hydrogens (tertiary/aromatic N) is 3. The number of aliphatic imine (C=N–C) groups is 2. The molecule has 0 unspecified atom stereocenters. The van der Waals surface area contributed by atoms with Crippen LogP contribution < -0.4 is 0 Å². The fraction of sp³-hybridized carbons (Fsp3) is 0.167. The second-order valence-electron chi connectivity index (χ2n) is 2.10. The monoisotopic (exact) mass is 135 g/mol. The lowest BCUT2D eigenvalue weighted by Gasteiger charge is -2.06. The summed E-state index contributed by atoms with van der Waals surface area (Å²) in [6.45, 7) is 0.325. The normalized spacial score (nSPS) is 21.4. The average molecular weight is 135 g/mol. The van der Waals surface area contributed by atoms with Crippen LogP contribution in [-0.2, 0) is 0 Å². The zero-order valence-electron chi connectivity index (χ0n) is 5.19. The van der Waals surface area contributed by atoms with Gasteiger partial charge in [-0.25, -0.2) is 14.7 Å². The summed E-state index contributed by atoms with van der Waals surface area (Å²) in [6, 6.07) is 0. The van der Waals surface area contributed by atoms with E-state index >= 15 is 0 Å². The van der Waals surface area contributed by atoms with Crippen LogP contribution in [0.2, 0.25) is 0 Å². The van der Waals surface area contributed by atoms with Gasteiger partial charge in [-0.2, -0.15) is 0 Å². The third-order valence-corrected chi connectivity index (χ3v) is 1.41. The number of hydrogen-bond donors (Lipinski definition) is 0. The Labute approximate surface area is 57.5 Å². The van der Waals surface area contributed by atoms with Crippen LogP contribution in [0.3, 0.4) is 0 Å². The van der Waals surface area contributed by atoms with Gasteiger partial charge in [0.2, 0.25) is 0 Å². The molecule has 2 aliphatic heterocycles. The summed E-state index contributed by atoms with van der Waals surface area (Å²) in [5, 5.41) is 10.7. The Kier molecular flexibility index (Phi) is 0.943. The molecule has 0 saturated carbocycles. The topological polar surface area (TPSA) is 50.8 Å². The highest BCUT2D eigenvalue weighted by molar-refractivity contribution is 6.11. The molecule has 2 aliphatic rings. The van der Waals surface area contributed by atoms with Gasteiger partial charge in [-0.05, 0) is 0 Å². The van der Waals surface area contributed by atoms with Gasteiger partial charge in [0.1, 0.15) is 12.1 Å². The molecule has 0 bridgehead atoms. The van der Waals surface area contributed by atoms with Crippen molar-refractivity contribution < 1.29 is 4.74 Å². The number of allylic oxidation sites excluding steroid dienone is 1. The van der Waals surface area contributed by atoms with Crippen molar-refractivity contribution in [3.63, 3.8) is 0 Å². The average Bonchev–Trinajstić information content (AvgIpc) is 2.33. The highest BCUT2D eigenvalue weighted by Crippen LogP contribution is 2.07. The van der Waals surface area contributed by atoms with Crippen LogP contribution in [0.25, 0.3) is 0 Å². The van der Waals surface area contributed by atoms with Crippen LogP contribution >= 0.6 is 0 Å². The molecule has 50 valence electrons. The molecule has 0 aromatic rings. The Morgan fingerprint density at radius 1 is 1.60 bits per heavy atom. The molecule has 0 amide bonds. The minimum absolute atomic E-state index is 0.325. The van der Waals surface area contributed by atoms with Crippen LogP contribution in [0.4, 0.5) is 0 Å². The minimum Gasteiger partial charge on any atom is -0.623 e. The standard InChI is InChI=1S/C6H5N3O/c10-9-2-1-5-6(3-9)8-4-7-5/h1-2,4H,3H2. The predicted octanol–water partition coefficient (Wildman–Crippen LogP) is -0.0521. The fourth-order valence-corrected chi connectivity index (χ4v) is 0.917. The maximum atomic E-state index is 10.7. The van der Waals surface area contributed by atoms with Crippen molar-refractivity contribution in [1.82, 2.24) is 0 Å². The summed E-state index contributed by atoms with van der Waals surface area (Å²) in [5.41, 5.74) is 1.57. The van der Waals surface area contributed by atoms with Crippen LogP contribution in [0.1, 0.15) is 0 Å². The van der Waals surface area contributed by atoms with E-state index in [1.807, 2.05) is 0 Å². The molecule has 4 heteroatoms. The maximum Gasteiger partial charge on any atom is 0.197 e. The van der Waals surface area contributed by atoms with Gasteiger partial charge < -0.3 is 5.21 Å². The second kappa shape index (κ2) is 1.76. The van der Waals surface area contributed by atoms with Gasteiger partial charge in [-0.15, -0.1) is 0 Å². The molecule has 0 N–H and O–H groups in total. The van der Waals surface area contributed by atoms with Crippen molar-refractivity contribution in [3.8, 4) is 0 Å². The van der Waals surface area contributed by atoms with Gasteiger partial charge in [0.15, 0.2) is 12.8 Å². The Balaban J connectivity index is 2.42. The molecule has 0 radical (unpaired) electrons. The lowest BCUT2D eigenvalue weighted by molar-refractivity contribution is -0.435. The zero-order chi connectivity index (χ0) is 6.97. The molecular weight excluding hydrogens is 130 g/mol. The van der Waals surface area contributed by atoms with Gasteiger partial charge in [0.05, 0.1) is 5.70 Å². The summed E-state index contributed by atoms with van der Waals surface area (Å²) in [7, 11) is 0. The molecule has 2 heterocycles. The molecule has 0 aromatic carbocycles. The van der Waals surface area contributed by atoms with Crippen LogP contribution in [0.5, 0.6) is 0 Å². The first-order valence-electron chi connectivity index (χ1n) is 2.95. The molecule has 0 saturated heterocycles. The van der Waals surface area contributed by atoms with Gasteiger partial charge in [0.25, 0.3) is 0 Å². The lowest BCUT2D eigenvalue weighted by atomic mass is 10.2. The van der Waals surface area contributed by atoms with E-state index < -0.39 is 0 Å². The Bertz CT molecular complexity index is 285. The first kappa shape index (κ1) is 5.34. The van der Waals surface area contributed by atoms with Crippen molar-refractivity contribution in [2.75, 3.05) is 6.54 Å². The molecule has 10 heavy (non-hydrogen) atoms. The van der Waals surface area contributed by atoms with E-state index in [9.17, 15) is 5.21 Å². The summed E-state index contributed by atoms with van der Waals surface area (Å²) in [4.78, 5) is 7.83. The summed E-state index contributed by atoms with van der Waals surface area (Å²) in [5.74, 6) is 0. The molecule has 0 spiro atoms. The molecule has 0 aliphatic carbocycles. The quantitative estimate of drug-likeness (QED) is 0.339. The van der Waals surface area contributed by atoms with E-state index in [4.69, 9.17) is 0 Å². The van der Waals surface area contributed by atoms with Gasteiger partial charge in [-0.3, -0.25) is 0 Å². The van der Waals surface area contributed by atoms with Crippen molar-refractivity contribution >= 4 is 18.3 Å². The van der Waals surface area contributed by atoms with E-state index in [1.54, 1.807) is 6.08 Å². The molecule has 4 nitrogen and oxygen atoms in total. The molecule has 0 fully saturated rings. The lowest BCUT2D eigenvalue weighted by Crippen LogP contribution is -2.20. The van der Waals surface area contributed by atoms with E-state index in [-0.39, 0.29) is 0 Å². The third-order valence-electron chi connectivity index (χ3n) is 1.41. The largest absolute Gasteiger partial charge is 0.623 e. The minimum atomic E-state index is 0.325. The van der Waals surface area contributed by atoms with E-state index in [1.165, 1.54) is 12.6 Å². The first-order chi connectivity index (χ1) is 4.86. The molecule has 0 aromatic heterocycles. The summed E-state index contributed by atoms with van der Waals surface area (Å²) < 4.78 is 0.830. The van der Waals surface area contributed by atoms with Gasteiger partial charge in [0, 0.05) is 6.08 Å². The van der Waals surface area contributed by atoms with Crippen LogP contribution in [0.15, 0.2) is 21.8 Å². The van der Waals surface area contributed by atoms with Crippen LogP contribution in [0, 0.1) is 5.21 Å². The van der Waals surface area contributed by atoms with Gasteiger partial charge in [-0.1, -0.05) is 0 Å². The second-order valence-corrected chi connectivity index (χ2v) is 2.10. The Morgan fingerprint density at radius 2 is 2.50 bits per heavy atom. The van der Waals surface area contributed by atoms with Crippen LogP contribution in [-0.4, -0.2) is 29.5 Å². The number of fused-ring (bicyclic) bond motifs is 1. The highest BCUT2D eigenvalue weighted by Gasteiger charge is 2.16. The zero-order valence-corrected chi connectivity index (χ0v) is 5.19. The SMILES string of the molecule is [O-][N+]1=CC=C2N=CN=C2C1. The number of hydrogen-bond acceptors (Lipinski definition) is 3. The third kappa shape index (κ3) is 0.655. The van der Waals surface area contributed by atoms with Crippen molar-refractivity contribution in [3.05, 3.63) is 17.0 Å². The molecular formula is C6H5N3O. The smallest absolute Gasteiger partial charge is 0.197 e. The Morgan fingerprint density at radius 3 is 3.40 bits per heavy atom. The highest BCUT2D eigenvalue weighted by atomic mass is 16.5. The number of rotatable bonds is 0. The fourth-order valence-electron chi connectivity index (χ4n) is 0.917. The Hall–Kier alpha value is -1.45. The predicted molar refractivity (Wildman–Crippen MR) is 38.6 cm³/mol. The number of hydroxylamine groups is 1. The first-order valence-corrected chi connectivity index (χ1v) is 2.95. The van der Waals surface area contributed by atoms with Gasteiger partial charge >= 0.3 is 0 Å². The summed E-state index contributed by atoms with van der Waals surface area (Å²) >= 11 is 0.